The largest absolute Gasteiger partial charge is 0.372 e. The van der Waals surface area contributed by atoms with Crippen molar-refractivity contribution in [3.05, 3.63) is 57.1 Å². The number of nitrogens with zero attached hydrogens (tertiary/aromatic N) is 3. The Labute approximate surface area is 120 Å². The van der Waals surface area contributed by atoms with E-state index in [9.17, 15) is 18.9 Å². The number of thiazole rings is 1. The number of hydrogen-bond acceptors (Lipinski definition) is 5. The lowest BCUT2D eigenvalue weighted by Crippen LogP contribution is -2.05. The van der Waals surface area contributed by atoms with Crippen LogP contribution in [0.4, 0.5) is 20.4 Å². The molecule has 0 bridgehead atoms. The predicted molar refractivity (Wildman–Crippen MR) is 73.4 cm³/mol. The number of benzene rings is 1. The lowest BCUT2D eigenvalue weighted by molar-refractivity contribution is -0.389. The van der Waals surface area contributed by atoms with Gasteiger partial charge in [0.1, 0.15) is 17.8 Å². The second kappa shape index (κ2) is 5.09. The summed E-state index contributed by atoms with van der Waals surface area (Å²) in [7, 11) is 0. The van der Waals surface area contributed by atoms with Crippen molar-refractivity contribution in [2.45, 2.75) is 6.54 Å². The Balaban J connectivity index is 1.89. The van der Waals surface area contributed by atoms with Gasteiger partial charge in [0.2, 0.25) is 5.82 Å². The molecule has 2 heterocycles. The maximum Gasteiger partial charge on any atom is 0.372 e. The maximum absolute atomic E-state index is 13.5. The molecule has 3 rings (SSSR count). The highest BCUT2D eigenvalue weighted by Crippen LogP contribution is 2.28. The molecule has 1 N–H and O–H groups in total. The molecular formula is C12H8F2N4O2S. The van der Waals surface area contributed by atoms with Crippen LogP contribution in [0.25, 0.3) is 4.96 Å². The third-order valence-electron chi connectivity index (χ3n) is 2.87. The van der Waals surface area contributed by atoms with E-state index < -0.39 is 16.6 Å². The molecule has 2 aromatic heterocycles. The van der Waals surface area contributed by atoms with Gasteiger partial charge in [-0.3, -0.25) is 0 Å². The van der Waals surface area contributed by atoms with Crippen molar-refractivity contribution in [2.75, 3.05) is 5.32 Å². The zero-order valence-corrected chi connectivity index (χ0v) is 11.2. The summed E-state index contributed by atoms with van der Waals surface area (Å²) < 4.78 is 27.7. The van der Waals surface area contributed by atoms with Crippen LogP contribution in [0.3, 0.4) is 0 Å². The van der Waals surface area contributed by atoms with Gasteiger partial charge < -0.3 is 15.4 Å². The molecule has 0 saturated heterocycles. The van der Waals surface area contributed by atoms with Crippen molar-refractivity contribution < 1.29 is 13.7 Å². The Morgan fingerprint density at radius 1 is 1.43 bits per heavy atom. The average molecular weight is 310 g/mol. The van der Waals surface area contributed by atoms with E-state index in [1.54, 1.807) is 5.38 Å². The van der Waals surface area contributed by atoms with Crippen LogP contribution < -0.4 is 5.32 Å². The molecule has 1 aromatic carbocycles. The van der Waals surface area contributed by atoms with E-state index in [0.29, 0.717) is 4.96 Å². The first-order valence-corrected chi connectivity index (χ1v) is 6.72. The molecule has 9 heteroatoms. The van der Waals surface area contributed by atoms with Crippen LogP contribution in [-0.2, 0) is 6.54 Å². The fourth-order valence-electron chi connectivity index (χ4n) is 1.91. The Kier molecular flexibility index (Phi) is 3.26. The lowest BCUT2D eigenvalue weighted by atomic mass is 10.2. The number of anilines is 1. The first-order chi connectivity index (χ1) is 10.1. The summed E-state index contributed by atoms with van der Waals surface area (Å²) in [5, 5.41) is 15.5. The number of nitrogens with one attached hydrogen (secondary N) is 1. The Bertz CT molecular complexity index is 830. The van der Waals surface area contributed by atoms with Crippen LogP contribution in [0.5, 0.6) is 0 Å². The normalized spacial score (nSPS) is 11.0. The van der Waals surface area contributed by atoms with Gasteiger partial charge in [0.25, 0.3) is 4.96 Å². The molecule has 0 aliphatic carbocycles. The molecule has 108 valence electrons. The SMILES string of the molecule is O=[N+]([O-])c1c(NCc2ccc(F)cc2F)nc2sccn12. The van der Waals surface area contributed by atoms with Gasteiger partial charge in [-0.25, -0.2) is 8.78 Å². The standard InChI is InChI=1S/C12H8F2N4O2S/c13-8-2-1-7(9(14)5-8)6-15-10-11(18(19)20)17-3-4-21-12(17)16-10/h1-5,15H,6H2. The number of aromatic nitrogens is 2. The predicted octanol–water partition coefficient (Wildman–Crippen LogP) is 3.19. The van der Waals surface area contributed by atoms with E-state index in [4.69, 9.17) is 0 Å². The number of fused-ring (bicyclic) bond motifs is 1. The van der Waals surface area contributed by atoms with Crippen LogP contribution in [0.1, 0.15) is 5.56 Å². The van der Waals surface area contributed by atoms with Gasteiger partial charge in [-0.05, 0) is 11.0 Å². The summed E-state index contributed by atoms with van der Waals surface area (Å²) in [6, 6.07) is 3.17. The highest BCUT2D eigenvalue weighted by atomic mass is 32.1. The third kappa shape index (κ3) is 2.42. The van der Waals surface area contributed by atoms with Crippen molar-refractivity contribution >= 4 is 27.9 Å². The Hall–Kier alpha value is -2.55. The summed E-state index contributed by atoms with van der Waals surface area (Å²) in [6.07, 6.45) is 1.54. The van der Waals surface area contributed by atoms with Crippen molar-refractivity contribution in [2.24, 2.45) is 0 Å². The highest BCUT2D eigenvalue weighted by molar-refractivity contribution is 7.15. The van der Waals surface area contributed by atoms with E-state index in [1.165, 1.54) is 28.0 Å². The zero-order valence-electron chi connectivity index (χ0n) is 10.4. The Morgan fingerprint density at radius 3 is 2.95 bits per heavy atom. The number of imidazole rings is 1. The molecule has 0 unspecified atom stereocenters. The monoisotopic (exact) mass is 310 g/mol. The number of nitro groups is 1. The third-order valence-corrected chi connectivity index (χ3v) is 3.63. The highest BCUT2D eigenvalue weighted by Gasteiger charge is 2.23. The maximum atomic E-state index is 13.5. The first-order valence-electron chi connectivity index (χ1n) is 5.84. The average Bonchev–Trinajstić information content (AvgIpc) is 2.96. The minimum absolute atomic E-state index is 0.0300. The van der Waals surface area contributed by atoms with E-state index in [0.717, 1.165) is 12.1 Å². The molecule has 0 aliphatic heterocycles. The van der Waals surface area contributed by atoms with E-state index in [1.807, 2.05) is 0 Å². The minimum atomic E-state index is -0.717. The van der Waals surface area contributed by atoms with Gasteiger partial charge in [-0.2, -0.15) is 9.38 Å². The van der Waals surface area contributed by atoms with Gasteiger partial charge >= 0.3 is 5.82 Å². The summed E-state index contributed by atoms with van der Waals surface area (Å²) in [5.74, 6) is -1.56. The lowest BCUT2D eigenvalue weighted by Gasteiger charge is -2.05. The summed E-state index contributed by atoms with van der Waals surface area (Å²) in [4.78, 5) is 15.1. The molecule has 0 saturated carbocycles. The molecule has 21 heavy (non-hydrogen) atoms. The second-order valence-corrected chi connectivity index (χ2v) is 5.06. The van der Waals surface area contributed by atoms with Crippen LogP contribution in [0.15, 0.2) is 29.8 Å². The fraction of sp³-hybridized carbons (Fsp3) is 0.0833. The number of halogens is 2. The molecule has 0 fully saturated rings. The molecule has 0 atom stereocenters. The zero-order chi connectivity index (χ0) is 15.0. The first kappa shape index (κ1) is 13.4. The molecule has 0 aliphatic rings. The molecule has 0 spiro atoms. The van der Waals surface area contributed by atoms with Gasteiger partial charge in [0, 0.05) is 23.6 Å². The van der Waals surface area contributed by atoms with Crippen LogP contribution >= 0.6 is 11.3 Å². The van der Waals surface area contributed by atoms with Crippen molar-refractivity contribution in [3.63, 3.8) is 0 Å². The van der Waals surface area contributed by atoms with Crippen molar-refractivity contribution in [1.82, 2.24) is 9.38 Å². The summed E-state index contributed by atoms with van der Waals surface area (Å²) in [5.41, 5.74) is 0.196. The molecular weight excluding hydrogens is 302 g/mol. The number of hydrogen-bond donors (Lipinski definition) is 1. The van der Waals surface area contributed by atoms with E-state index >= 15 is 0 Å². The van der Waals surface area contributed by atoms with Crippen molar-refractivity contribution in [3.8, 4) is 0 Å². The van der Waals surface area contributed by atoms with E-state index in [2.05, 4.69) is 10.3 Å². The van der Waals surface area contributed by atoms with Crippen molar-refractivity contribution in [1.29, 1.82) is 0 Å². The number of rotatable bonds is 4. The summed E-state index contributed by atoms with van der Waals surface area (Å²) >= 11 is 1.25. The van der Waals surface area contributed by atoms with Gasteiger partial charge in [-0.15, -0.1) is 0 Å². The summed E-state index contributed by atoms with van der Waals surface area (Å²) in [6.45, 7) is -0.0300. The minimum Gasteiger partial charge on any atom is -0.359 e. The van der Waals surface area contributed by atoms with Crippen LogP contribution in [0, 0.1) is 21.7 Å². The van der Waals surface area contributed by atoms with Gasteiger partial charge in [-0.1, -0.05) is 17.4 Å². The van der Waals surface area contributed by atoms with E-state index in [-0.39, 0.29) is 23.7 Å². The second-order valence-electron chi connectivity index (χ2n) is 4.19. The quantitative estimate of drug-likeness (QED) is 0.593. The topological polar surface area (TPSA) is 72.5 Å². The van der Waals surface area contributed by atoms with Crippen LogP contribution in [0.2, 0.25) is 0 Å². The van der Waals surface area contributed by atoms with Gasteiger partial charge in [0.15, 0.2) is 0 Å². The molecule has 3 aromatic rings. The van der Waals surface area contributed by atoms with Crippen LogP contribution in [-0.4, -0.2) is 14.3 Å². The Morgan fingerprint density at radius 2 is 2.24 bits per heavy atom. The molecule has 6 nitrogen and oxygen atoms in total. The molecule has 0 amide bonds. The fourth-order valence-corrected chi connectivity index (χ4v) is 2.62. The molecule has 0 radical (unpaired) electrons. The van der Waals surface area contributed by atoms with Gasteiger partial charge in [0.05, 0.1) is 0 Å². The smallest absolute Gasteiger partial charge is 0.359 e.